The van der Waals surface area contributed by atoms with Gasteiger partial charge in [-0.2, -0.15) is 0 Å². The van der Waals surface area contributed by atoms with E-state index in [9.17, 15) is 0 Å². The van der Waals surface area contributed by atoms with Gasteiger partial charge in [-0.15, -0.1) is 0 Å². The number of rotatable bonds is 7. The third kappa shape index (κ3) is 5.87. The lowest BCUT2D eigenvalue weighted by atomic mass is 10.1. The molecule has 1 heterocycles. The Morgan fingerprint density at radius 3 is 2.76 bits per heavy atom. The fraction of sp³-hybridized carbons (Fsp3) is 1.00. The molecule has 1 aliphatic rings. The van der Waals surface area contributed by atoms with Crippen molar-refractivity contribution in [1.29, 1.82) is 0 Å². The third-order valence-electron chi connectivity index (χ3n) is 4.00. The molecule has 102 valence electrons. The number of nitrogens with one attached hydrogen (secondary N) is 1. The minimum absolute atomic E-state index is 0.733. The van der Waals surface area contributed by atoms with E-state index in [1.54, 1.807) is 0 Å². The largest absolute Gasteiger partial charge is 0.313 e. The molecular formula is C15H32N2. The van der Waals surface area contributed by atoms with E-state index < -0.39 is 0 Å². The predicted octanol–water partition coefficient (Wildman–Crippen LogP) is 3.42. The van der Waals surface area contributed by atoms with Crippen molar-refractivity contribution in [2.75, 3.05) is 19.6 Å². The van der Waals surface area contributed by atoms with Gasteiger partial charge in [0.05, 0.1) is 0 Å². The number of unbranched alkanes of at least 4 members (excludes halogenated alkanes) is 2. The lowest BCUT2D eigenvalue weighted by Crippen LogP contribution is -2.41. The molecule has 0 spiro atoms. The fourth-order valence-electron chi connectivity index (χ4n) is 2.84. The van der Waals surface area contributed by atoms with Crippen LogP contribution < -0.4 is 5.32 Å². The second kappa shape index (κ2) is 8.93. The van der Waals surface area contributed by atoms with Crippen LogP contribution in [0.15, 0.2) is 0 Å². The van der Waals surface area contributed by atoms with Gasteiger partial charge < -0.3 is 5.32 Å². The Hall–Kier alpha value is -0.0800. The zero-order chi connectivity index (χ0) is 12.5. The van der Waals surface area contributed by atoms with Crippen molar-refractivity contribution < 1.29 is 0 Å². The monoisotopic (exact) mass is 240 g/mol. The summed E-state index contributed by atoms with van der Waals surface area (Å²) in [5.74, 6) is 0. The molecular weight excluding hydrogens is 208 g/mol. The van der Waals surface area contributed by atoms with Crippen LogP contribution >= 0.6 is 0 Å². The Morgan fingerprint density at radius 1 is 1.24 bits per heavy atom. The molecule has 1 rings (SSSR count). The minimum Gasteiger partial charge on any atom is -0.313 e. The van der Waals surface area contributed by atoms with E-state index in [1.807, 2.05) is 0 Å². The summed E-state index contributed by atoms with van der Waals surface area (Å²) in [6.45, 7) is 10.8. The predicted molar refractivity (Wildman–Crippen MR) is 76.5 cm³/mol. The summed E-state index contributed by atoms with van der Waals surface area (Å²) in [7, 11) is 0. The van der Waals surface area contributed by atoms with E-state index >= 15 is 0 Å². The van der Waals surface area contributed by atoms with Gasteiger partial charge in [-0.25, -0.2) is 0 Å². The molecule has 0 bridgehead atoms. The van der Waals surface area contributed by atoms with Gasteiger partial charge in [-0.05, 0) is 39.3 Å². The van der Waals surface area contributed by atoms with Crippen LogP contribution in [0.3, 0.4) is 0 Å². The zero-order valence-electron chi connectivity index (χ0n) is 12.2. The molecule has 2 heteroatoms. The second-order valence-electron chi connectivity index (χ2n) is 5.63. The van der Waals surface area contributed by atoms with Gasteiger partial charge in [0, 0.05) is 18.6 Å². The Bertz CT molecular complexity index is 182. The van der Waals surface area contributed by atoms with Crippen molar-refractivity contribution in [3.05, 3.63) is 0 Å². The minimum atomic E-state index is 0.733. The highest BCUT2D eigenvalue weighted by Crippen LogP contribution is 2.14. The molecule has 2 unspecified atom stereocenters. The van der Waals surface area contributed by atoms with Gasteiger partial charge >= 0.3 is 0 Å². The Labute approximate surface area is 108 Å². The van der Waals surface area contributed by atoms with Crippen molar-refractivity contribution in [2.45, 2.75) is 77.8 Å². The first-order valence-electron chi connectivity index (χ1n) is 7.75. The highest BCUT2D eigenvalue weighted by atomic mass is 15.2. The molecule has 2 nitrogen and oxygen atoms in total. The molecule has 0 aromatic carbocycles. The Kier molecular flexibility index (Phi) is 7.87. The van der Waals surface area contributed by atoms with E-state index in [4.69, 9.17) is 0 Å². The summed E-state index contributed by atoms with van der Waals surface area (Å²) in [5.41, 5.74) is 0. The summed E-state index contributed by atoms with van der Waals surface area (Å²) in [4.78, 5) is 2.72. The van der Waals surface area contributed by atoms with Crippen LogP contribution in [0.5, 0.6) is 0 Å². The fourth-order valence-corrected chi connectivity index (χ4v) is 2.84. The smallest absolute Gasteiger partial charge is 0.0195 e. The highest BCUT2D eigenvalue weighted by molar-refractivity contribution is 4.79. The molecule has 1 aliphatic heterocycles. The summed E-state index contributed by atoms with van der Waals surface area (Å²) in [6.07, 6.45) is 9.47. The van der Waals surface area contributed by atoms with Crippen LogP contribution in [0.4, 0.5) is 0 Å². The maximum absolute atomic E-state index is 3.69. The first kappa shape index (κ1) is 15.0. The molecule has 1 N–H and O–H groups in total. The lowest BCUT2D eigenvalue weighted by molar-refractivity contribution is 0.190. The first-order chi connectivity index (χ1) is 8.27. The molecule has 1 saturated heterocycles. The molecule has 0 aromatic rings. The van der Waals surface area contributed by atoms with Crippen molar-refractivity contribution in [2.24, 2.45) is 0 Å². The lowest BCUT2D eigenvalue weighted by Gasteiger charge is -2.30. The molecule has 1 fully saturated rings. The molecule has 0 radical (unpaired) electrons. The maximum atomic E-state index is 3.69. The maximum Gasteiger partial charge on any atom is 0.0195 e. The van der Waals surface area contributed by atoms with Crippen molar-refractivity contribution in [3.8, 4) is 0 Å². The summed E-state index contributed by atoms with van der Waals surface area (Å²) in [5, 5.41) is 3.69. The third-order valence-corrected chi connectivity index (χ3v) is 4.00. The standard InChI is InChI=1S/C15H32N2/c1-4-6-7-10-14(3)17-12-8-11-16-15(13-17)9-5-2/h14-16H,4-13H2,1-3H3. The highest BCUT2D eigenvalue weighted by Gasteiger charge is 2.20. The van der Waals surface area contributed by atoms with Gasteiger partial charge in [0.2, 0.25) is 0 Å². The molecule has 0 aliphatic carbocycles. The van der Waals surface area contributed by atoms with E-state index in [0.717, 1.165) is 12.1 Å². The SMILES string of the molecule is CCCCCC(C)N1CCCNC(CCC)C1. The summed E-state index contributed by atoms with van der Waals surface area (Å²) >= 11 is 0. The van der Waals surface area contributed by atoms with Crippen LogP contribution in [0, 0.1) is 0 Å². The average molecular weight is 240 g/mol. The quantitative estimate of drug-likeness (QED) is 0.686. The van der Waals surface area contributed by atoms with Crippen molar-refractivity contribution in [3.63, 3.8) is 0 Å². The number of nitrogens with zero attached hydrogens (tertiary/aromatic N) is 1. The molecule has 2 atom stereocenters. The second-order valence-corrected chi connectivity index (χ2v) is 5.63. The zero-order valence-corrected chi connectivity index (χ0v) is 12.2. The van der Waals surface area contributed by atoms with Crippen molar-refractivity contribution >= 4 is 0 Å². The van der Waals surface area contributed by atoms with Gasteiger partial charge in [0.25, 0.3) is 0 Å². The molecule has 0 amide bonds. The van der Waals surface area contributed by atoms with E-state index in [2.05, 4.69) is 31.0 Å². The molecule has 0 aromatic heterocycles. The van der Waals surface area contributed by atoms with Gasteiger partial charge in [-0.3, -0.25) is 4.90 Å². The van der Waals surface area contributed by atoms with Crippen molar-refractivity contribution in [1.82, 2.24) is 10.2 Å². The van der Waals surface area contributed by atoms with Crippen LogP contribution in [-0.2, 0) is 0 Å². The summed E-state index contributed by atoms with van der Waals surface area (Å²) < 4.78 is 0. The van der Waals surface area contributed by atoms with Crippen LogP contribution in [0.1, 0.15) is 65.7 Å². The summed E-state index contributed by atoms with van der Waals surface area (Å²) in [6, 6.07) is 1.51. The Morgan fingerprint density at radius 2 is 2.06 bits per heavy atom. The van der Waals surface area contributed by atoms with E-state index in [0.29, 0.717) is 0 Å². The number of hydrogen-bond acceptors (Lipinski definition) is 2. The van der Waals surface area contributed by atoms with Crippen LogP contribution in [0.25, 0.3) is 0 Å². The van der Waals surface area contributed by atoms with Gasteiger partial charge in [-0.1, -0.05) is 39.5 Å². The van der Waals surface area contributed by atoms with E-state index in [1.165, 1.54) is 64.6 Å². The average Bonchev–Trinajstić information content (AvgIpc) is 2.55. The van der Waals surface area contributed by atoms with Gasteiger partial charge in [0.15, 0.2) is 0 Å². The Balaban J connectivity index is 2.33. The normalized spacial score (nSPS) is 24.5. The first-order valence-corrected chi connectivity index (χ1v) is 7.75. The topological polar surface area (TPSA) is 15.3 Å². The van der Waals surface area contributed by atoms with Crippen LogP contribution in [0.2, 0.25) is 0 Å². The van der Waals surface area contributed by atoms with Crippen LogP contribution in [-0.4, -0.2) is 36.6 Å². The van der Waals surface area contributed by atoms with E-state index in [-0.39, 0.29) is 0 Å². The molecule has 17 heavy (non-hydrogen) atoms. The number of hydrogen-bond donors (Lipinski definition) is 1. The molecule has 0 saturated carbocycles. The van der Waals surface area contributed by atoms with Gasteiger partial charge in [0.1, 0.15) is 0 Å².